The maximum absolute atomic E-state index is 13.6. The number of ether oxygens (including phenoxy) is 6. The van der Waals surface area contributed by atoms with Gasteiger partial charge < -0.3 is 33.7 Å². The largest absolute Gasteiger partial charge is 0.493 e. The lowest BCUT2D eigenvalue weighted by molar-refractivity contribution is -0.176. The molecule has 258 valence electrons. The minimum absolute atomic E-state index is 0.0802. The first-order valence-electron chi connectivity index (χ1n) is 15.3. The first-order chi connectivity index (χ1) is 23.5. The zero-order valence-corrected chi connectivity index (χ0v) is 27.2. The summed E-state index contributed by atoms with van der Waals surface area (Å²) in [6.07, 6.45) is -2.53. The van der Waals surface area contributed by atoms with E-state index in [9.17, 15) is 28.8 Å². The van der Waals surface area contributed by atoms with Gasteiger partial charge in [-0.25, -0.2) is 14.6 Å². The van der Waals surface area contributed by atoms with E-state index in [0.29, 0.717) is 5.56 Å². The summed E-state index contributed by atoms with van der Waals surface area (Å²) in [5, 5.41) is 2.42. The Morgan fingerprint density at radius 1 is 0.980 bits per heavy atom. The highest BCUT2D eigenvalue weighted by Crippen LogP contribution is 2.32. The first-order valence-corrected chi connectivity index (χ1v) is 15.3. The number of cyclic esters (lactones) is 2. The Morgan fingerprint density at radius 3 is 2.29 bits per heavy atom. The van der Waals surface area contributed by atoms with Gasteiger partial charge in [0.25, 0.3) is 12.4 Å². The Hall–Kier alpha value is -5.79. The Kier molecular flexibility index (Phi) is 12.4. The second-order valence-electron chi connectivity index (χ2n) is 11.3. The average molecular weight is 677 g/mol. The molecule has 49 heavy (non-hydrogen) atoms. The van der Waals surface area contributed by atoms with E-state index in [4.69, 9.17) is 28.4 Å². The van der Waals surface area contributed by atoms with Crippen LogP contribution >= 0.6 is 0 Å². The number of benzene rings is 2. The second kappa shape index (κ2) is 16.9. The number of hydrogen-bond acceptors (Lipinski definition) is 13. The van der Waals surface area contributed by atoms with E-state index in [0.717, 1.165) is 5.56 Å². The number of nitrogens with one attached hydrogen (secondary N) is 1. The topological polar surface area (TPSA) is 183 Å². The molecule has 2 aromatic carbocycles. The number of aromatic nitrogens is 1. The van der Waals surface area contributed by atoms with Crippen LogP contribution in [-0.4, -0.2) is 73.2 Å². The smallest absolute Gasteiger partial charge is 0.357 e. The molecule has 2 heterocycles. The predicted molar refractivity (Wildman–Crippen MR) is 169 cm³/mol. The van der Waals surface area contributed by atoms with Gasteiger partial charge in [0.15, 0.2) is 23.6 Å². The minimum Gasteiger partial charge on any atom is -0.493 e. The molecule has 4 rings (SSSR count). The highest BCUT2D eigenvalue weighted by Gasteiger charge is 2.42. The number of hydrogen-bond donors (Lipinski definition) is 1. The molecule has 0 bridgehead atoms. The first kappa shape index (κ1) is 36.1. The van der Waals surface area contributed by atoms with Crippen LogP contribution in [0, 0.1) is 11.8 Å². The summed E-state index contributed by atoms with van der Waals surface area (Å²) >= 11 is 0. The number of rotatable bonds is 12. The minimum atomic E-state index is -1.55. The van der Waals surface area contributed by atoms with Crippen molar-refractivity contribution in [2.75, 3.05) is 13.7 Å². The van der Waals surface area contributed by atoms with Gasteiger partial charge in [-0.15, -0.1) is 0 Å². The van der Waals surface area contributed by atoms with Crippen LogP contribution in [0.2, 0.25) is 0 Å². The number of carbonyl (C=O) groups excluding carboxylic acids is 6. The van der Waals surface area contributed by atoms with Crippen molar-refractivity contribution in [1.29, 1.82) is 0 Å². The molecule has 5 atom stereocenters. The molecular weight excluding hydrogens is 640 g/mol. The summed E-state index contributed by atoms with van der Waals surface area (Å²) in [4.78, 5) is 81.6. The molecule has 0 spiro atoms. The van der Waals surface area contributed by atoms with Gasteiger partial charge in [-0.05, 0) is 18.9 Å². The molecular formula is C35H36N2O12. The third-order valence-electron chi connectivity index (χ3n) is 7.48. The third kappa shape index (κ3) is 9.18. The molecule has 1 aliphatic rings. The Bertz CT molecular complexity index is 1650. The fraction of sp³-hybridized carbons (Fsp3) is 0.343. The lowest BCUT2D eigenvalue weighted by Crippen LogP contribution is -2.47. The second-order valence-corrected chi connectivity index (χ2v) is 11.3. The zero-order valence-electron chi connectivity index (χ0n) is 27.2. The number of amides is 1. The molecule has 1 saturated heterocycles. The molecule has 1 N–H and O–H groups in total. The van der Waals surface area contributed by atoms with Crippen molar-refractivity contribution in [2.45, 2.75) is 51.5 Å². The summed E-state index contributed by atoms with van der Waals surface area (Å²) in [6.45, 7) is 4.15. The van der Waals surface area contributed by atoms with Gasteiger partial charge in [-0.2, -0.15) is 0 Å². The monoisotopic (exact) mass is 676 g/mol. The van der Waals surface area contributed by atoms with E-state index in [1.54, 1.807) is 56.3 Å². The fourth-order valence-corrected chi connectivity index (χ4v) is 4.94. The SMILES string of the molecule is COc1ccnc(C(=O)NC2COC(=O)[C@H](Cc3ccccc3)C(OC(=O)C(C)C)[C@H](C)OC2=O)c1OC(=O)C(OC=O)c1ccccc1. The van der Waals surface area contributed by atoms with Crippen LogP contribution in [0.3, 0.4) is 0 Å². The molecule has 1 fully saturated rings. The van der Waals surface area contributed by atoms with Gasteiger partial charge >= 0.3 is 23.9 Å². The van der Waals surface area contributed by atoms with Crippen LogP contribution in [-0.2, 0) is 49.3 Å². The summed E-state index contributed by atoms with van der Waals surface area (Å²) in [7, 11) is 1.26. The van der Waals surface area contributed by atoms with Crippen molar-refractivity contribution < 1.29 is 57.2 Å². The standard InChI is InChI=1S/C35H36N2O12/c1-20(2)32(40)48-28-21(3)47-34(42)25(18-45-33(41)24(28)17-22-11-7-5-8-12-22)37-31(39)27-30(26(44-4)15-16-36-27)49-35(43)29(46-19-38)23-13-9-6-10-14-23/h5-16,19-21,24-25,28-29H,17-18H2,1-4H3,(H,37,39)/t21-,24+,25?,28?,29?/m0/s1. The van der Waals surface area contributed by atoms with Gasteiger partial charge in [0.1, 0.15) is 18.6 Å². The summed E-state index contributed by atoms with van der Waals surface area (Å²) in [6, 6.07) is 16.7. The van der Waals surface area contributed by atoms with Crippen molar-refractivity contribution in [3.05, 3.63) is 89.7 Å². The van der Waals surface area contributed by atoms with Crippen molar-refractivity contribution >= 4 is 36.3 Å². The van der Waals surface area contributed by atoms with E-state index in [-0.39, 0.29) is 18.6 Å². The Balaban J connectivity index is 1.60. The molecule has 1 amide bonds. The lowest BCUT2D eigenvalue weighted by Gasteiger charge is -2.29. The summed E-state index contributed by atoms with van der Waals surface area (Å²) in [5.74, 6) is -6.60. The van der Waals surface area contributed by atoms with Crippen LogP contribution in [0.5, 0.6) is 11.5 Å². The van der Waals surface area contributed by atoms with E-state index < -0.39 is 84.0 Å². The molecule has 0 saturated carbocycles. The summed E-state index contributed by atoms with van der Waals surface area (Å²) < 4.78 is 32.6. The number of esters is 4. The van der Waals surface area contributed by atoms with Crippen molar-refractivity contribution in [1.82, 2.24) is 10.3 Å². The number of pyridine rings is 1. The van der Waals surface area contributed by atoms with Crippen LogP contribution in [0.15, 0.2) is 72.9 Å². The van der Waals surface area contributed by atoms with Gasteiger partial charge in [0.2, 0.25) is 11.9 Å². The predicted octanol–water partition coefficient (Wildman–Crippen LogP) is 2.92. The van der Waals surface area contributed by atoms with Gasteiger partial charge in [0.05, 0.1) is 13.0 Å². The molecule has 1 aromatic heterocycles. The molecule has 3 unspecified atom stereocenters. The number of nitrogens with zero attached hydrogens (tertiary/aromatic N) is 1. The Labute approximate surface area is 282 Å². The molecule has 0 radical (unpaired) electrons. The van der Waals surface area contributed by atoms with Crippen molar-refractivity contribution in [3.8, 4) is 11.5 Å². The molecule has 3 aromatic rings. The van der Waals surface area contributed by atoms with Gasteiger partial charge in [0, 0.05) is 17.8 Å². The van der Waals surface area contributed by atoms with E-state index in [1.807, 2.05) is 6.07 Å². The fourth-order valence-electron chi connectivity index (χ4n) is 4.94. The number of methoxy groups -OCH3 is 1. The summed E-state index contributed by atoms with van der Waals surface area (Å²) in [5.41, 5.74) is 0.556. The highest BCUT2D eigenvalue weighted by atomic mass is 16.6. The van der Waals surface area contributed by atoms with E-state index in [2.05, 4.69) is 10.3 Å². The molecule has 0 aliphatic carbocycles. The van der Waals surface area contributed by atoms with E-state index in [1.165, 1.54) is 38.4 Å². The van der Waals surface area contributed by atoms with E-state index >= 15 is 0 Å². The van der Waals surface area contributed by atoms with Gasteiger partial charge in [-0.3, -0.25) is 19.2 Å². The molecule has 14 heteroatoms. The average Bonchev–Trinajstić information content (AvgIpc) is 3.13. The third-order valence-corrected chi connectivity index (χ3v) is 7.48. The zero-order chi connectivity index (χ0) is 35.5. The van der Waals surface area contributed by atoms with Gasteiger partial charge in [-0.1, -0.05) is 74.5 Å². The van der Waals surface area contributed by atoms with Crippen molar-refractivity contribution in [3.63, 3.8) is 0 Å². The van der Waals surface area contributed by atoms with Crippen LogP contribution in [0.1, 0.15) is 48.5 Å². The maximum atomic E-state index is 13.6. The van der Waals surface area contributed by atoms with Crippen LogP contribution in [0.4, 0.5) is 0 Å². The van der Waals surface area contributed by atoms with Crippen molar-refractivity contribution in [2.24, 2.45) is 11.8 Å². The highest BCUT2D eigenvalue weighted by molar-refractivity contribution is 5.99. The van der Waals surface area contributed by atoms with Crippen LogP contribution < -0.4 is 14.8 Å². The maximum Gasteiger partial charge on any atom is 0.357 e. The number of carbonyl (C=O) groups is 6. The molecule has 1 aliphatic heterocycles. The lowest BCUT2D eigenvalue weighted by atomic mass is 9.91. The Morgan fingerprint density at radius 2 is 1.65 bits per heavy atom. The van der Waals surface area contributed by atoms with Crippen LogP contribution in [0.25, 0.3) is 0 Å². The molecule has 14 nitrogen and oxygen atoms in total. The normalized spacial score (nSPS) is 19.9. The quantitative estimate of drug-likeness (QED) is 0.168.